The normalized spacial score (nSPS) is 33.2. The summed E-state index contributed by atoms with van der Waals surface area (Å²) in [7, 11) is 0. The van der Waals surface area contributed by atoms with Gasteiger partial charge < -0.3 is 10.6 Å². The van der Waals surface area contributed by atoms with Crippen LogP contribution in [0.5, 0.6) is 0 Å². The molecule has 0 saturated carbocycles. The van der Waals surface area contributed by atoms with Gasteiger partial charge in [-0.05, 0) is 12.5 Å². The average molecular weight is 214 g/mol. The second-order valence-corrected chi connectivity index (χ2v) is 4.86. The van der Waals surface area contributed by atoms with Crippen LogP contribution in [-0.4, -0.2) is 27.8 Å². The zero-order valence-electron chi connectivity index (χ0n) is 7.66. The summed E-state index contributed by atoms with van der Waals surface area (Å²) in [5.41, 5.74) is 9.68. The lowest BCUT2D eigenvalue weighted by Crippen LogP contribution is -2.60. The molecule has 0 aromatic carbocycles. The molecule has 13 heavy (non-hydrogen) atoms. The van der Waals surface area contributed by atoms with Gasteiger partial charge in [-0.15, -0.1) is 11.8 Å². The first-order valence-corrected chi connectivity index (χ1v) is 5.99. The first-order valence-electron chi connectivity index (χ1n) is 4.31. The summed E-state index contributed by atoms with van der Waals surface area (Å²) in [5, 5.41) is 0.427. The minimum atomic E-state index is 0.154. The lowest BCUT2D eigenvalue weighted by Gasteiger charge is -2.52. The maximum Gasteiger partial charge on any atom is 0.100 e. The molecule has 0 aromatic heterocycles. The third-order valence-corrected chi connectivity index (χ3v) is 4.49. The lowest BCUT2D eigenvalue weighted by atomic mass is 10.0. The zero-order valence-corrected chi connectivity index (χ0v) is 9.37. The van der Waals surface area contributed by atoms with Crippen LogP contribution in [0.3, 0.4) is 0 Å². The molecule has 2 rings (SSSR count). The van der Waals surface area contributed by atoms with Crippen molar-refractivity contribution < 1.29 is 0 Å². The zero-order chi connectivity index (χ0) is 9.59. The van der Waals surface area contributed by atoms with Gasteiger partial charge in [0.15, 0.2) is 0 Å². The topological polar surface area (TPSA) is 29.3 Å². The Morgan fingerprint density at radius 2 is 2.46 bits per heavy atom. The highest BCUT2D eigenvalue weighted by Crippen LogP contribution is 2.43. The second-order valence-electron chi connectivity index (χ2n) is 3.44. The van der Waals surface area contributed by atoms with Crippen LogP contribution < -0.4 is 5.73 Å². The Morgan fingerprint density at radius 3 is 3.08 bits per heavy atom. The van der Waals surface area contributed by atoms with Gasteiger partial charge in [0.1, 0.15) is 5.37 Å². The van der Waals surface area contributed by atoms with Crippen LogP contribution in [0.4, 0.5) is 0 Å². The number of fused-ring (bicyclic) bond motifs is 1. The molecule has 0 aromatic rings. The summed E-state index contributed by atoms with van der Waals surface area (Å²) in [6.45, 7) is 6.11. The van der Waals surface area contributed by atoms with Crippen LogP contribution in [0.15, 0.2) is 23.5 Å². The Hall–Kier alpha value is -0.0600. The third kappa shape index (κ3) is 1.23. The van der Waals surface area contributed by atoms with Gasteiger partial charge in [-0.2, -0.15) is 12.6 Å². The molecule has 0 spiro atoms. The van der Waals surface area contributed by atoms with E-state index in [1.165, 1.54) is 11.3 Å². The number of rotatable bonds is 1. The minimum Gasteiger partial charge on any atom is -0.334 e. The Bertz CT molecular complexity index is 285. The van der Waals surface area contributed by atoms with Gasteiger partial charge in [0, 0.05) is 22.9 Å². The summed E-state index contributed by atoms with van der Waals surface area (Å²) in [4.78, 5) is 2.24. The number of thiol groups is 1. The number of hydrogen-bond donors (Lipinski definition) is 2. The van der Waals surface area contributed by atoms with Crippen molar-refractivity contribution in [1.82, 2.24) is 4.90 Å². The number of nitrogens with two attached hydrogens (primary N) is 1. The van der Waals surface area contributed by atoms with Gasteiger partial charge in [0.25, 0.3) is 0 Å². The number of thioether (sulfide) groups is 1. The van der Waals surface area contributed by atoms with Crippen LogP contribution in [0.1, 0.15) is 6.92 Å². The van der Waals surface area contributed by atoms with E-state index in [4.69, 9.17) is 5.73 Å². The van der Waals surface area contributed by atoms with Crippen molar-refractivity contribution in [1.29, 1.82) is 0 Å². The highest BCUT2D eigenvalue weighted by Gasteiger charge is 2.43. The van der Waals surface area contributed by atoms with Crippen molar-refractivity contribution in [3.05, 3.63) is 23.5 Å². The van der Waals surface area contributed by atoms with Crippen LogP contribution in [0.25, 0.3) is 0 Å². The summed E-state index contributed by atoms with van der Waals surface area (Å²) in [5.74, 6) is 1.90. The van der Waals surface area contributed by atoms with Crippen molar-refractivity contribution in [3.63, 3.8) is 0 Å². The molecule has 2 nitrogen and oxygen atoms in total. The molecule has 2 heterocycles. The lowest BCUT2D eigenvalue weighted by molar-refractivity contribution is 0.248. The molecular formula is C9H14N2S2. The molecule has 2 atom stereocenters. The first-order chi connectivity index (χ1) is 6.16. The maximum absolute atomic E-state index is 5.92. The molecular weight excluding hydrogens is 200 g/mol. The van der Waals surface area contributed by atoms with Crippen molar-refractivity contribution >= 4 is 24.4 Å². The van der Waals surface area contributed by atoms with Crippen LogP contribution in [0.2, 0.25) is 0 Å². The standard InChI is InChI=1S/C9H14N2S2/c1-5-7(3-12)4-13-9-8(10)6(2)11(5)9/h8-9,12H,2-4,10H2,1H3. The van der Waals surface area contributed by atoms with E-state index >= 15 is 0 Å². The van der Waals surface area contributed by atoms with E-state index in [1.807, 2.05) is 11.8 Å². The van der Waals surface area contributed by atoms with Crippen molar-refractivity contribution in [2.24, 2.45) is 5.73 Å². The molecule has 2 N–H and O–H groups in total. The summed E-state index contributed by atoms with van der Waals surface area (Å²) < 4.78 is 0. The molecule has 1 saturated heterocycles. The van der Waals surface area contributed by atoms with Gasteiger partial charge in [0.05, 0.1) is 6.04 Å². The number of nitrogens with zero attached hydrogens (tertiary/aromatic N) is 1. The Balaban J connectivity index is 2.26. The van der Waals surface area contributed by atoms with Crippen molar-refractivity contribution in [3.8, 4) is 0 Å². The van der Waals surface area contributed by atoms with E-state index in [9.17, 15) is 0 Å². The van der Waals surface area contributed by atoms with Crippen molar-refractivity contribution in [2.45, 2.75) is 18.3 Å². The fourth-order valence-corrected chi connectivity index (χ4v) is 3.75. The van der Waals surface area contributed by atoms with Crippen LogP contribution in [0, 0.1) is 0 Å². The fourth-order valence-electron chi connectivity index (χ4n) is 1.77. The molecule has 0 bridgehead atoms. The van der Waals surface area contributed by atoms with E-state index in [0.717, 1.165) is 17.2 Å². The fraction of sp³-hybridized carbons (Fsp3) is 0.556. The molecule has 2 aliphatic heterocycles. The van der Waals surface area contributed by atoms with Gasteiger partial charge in [0.2, 0.25) is 0 Å². The monoisotopic (exact) mass is 214 g/mol. The molecule has 2 unspecified atom stereocenters. The number of hydrogen-bond acceptors (Lipinski definition) is 4. The quantitative estimate of drug-likeness (QED) is 0.647. The highest BCUT2D eigenvalue weighted by molar-refractivity contribution is 8.00. The Labute approximate surface area is 88.6 Å². The van der Waals surface area contributed by atoms with Crippen LogP contribution >= 0.6 is 24.4 Å². The second kappa shape index (κ2) is 3.26. The Kier molecular flexibility index (Phi) is 2.38. The summed E-state index contributed by atoms with van der Waals surface area (Å²) in [6.07, 6.45) is 0. The summed E-state index contributed by atoms with van der Waals surface area (Å²) >= 11 is 6.21. The van der Waals surface area contributed by atoms with Gasteiger partial charge in [-0.3, -0.25) is 0 Å². The maximum atomic E-state index is 5.92. The highest BCUT2D eigenvalue weighted by atomic mass is 32.2. The SMILES string of the molecule is C=C1C(N)C2SCC(CS)=C(C)N12. The van der Waals surface area contributed by atoms with Gasteiger partial charge >= 0.3 is 0 Å². The molecule has 0 amide bonds. The van der Waals surface area contributed by atoms with Gasteiger partial charge in [-0.1, -0.05) is 6.58 Å². The largest absolute Gasteiger partial charge is 0.334 e. The molecule has 0 radical (unpaired) electrons. The predicted molar refractivity (Wildman–Crippen MR) is 61.8 cm³/mol. The van der Waals surface area contributed by atoms with E-state index in [1.54, 1.807) is 0 Å². The minimum absolute atomic E-state index is 0.154. The Morgan fingerprint density at radius 1 is 1.77 bits per heavy atom. The van der Waals surface area contributed by atoms with Gasteiger partial charge in [-0.25, -0.2) is 0 Å². The molecule has 0 aliphatic carbocycles. The van der Waals surface area contributed by atoms with Crippen LogP contribution in [-0.2, 0) is 0 Å². The first kappa shape index (κ1) is 9.49. The van der Waals surface area contributed by atoms with E-state index < -0.39 is 0 Å². The molecule has 72 valence electrons. The predicted octanol–water partition coefficient (Wildman–Crippen LogP) is 1.42. The molecule has 4 heteroatoms. The number of allylic oxidation sites excluding steroid dienone is 1. The summed E-state index contributed by atoms with van der Waals surface area (Å²) in [6, 6.07) is 0.154. The smallest absolute Gasteiger partial charge is 0.100 e. The van der Waals surface area contributed by atoms with Crippen molar-refractivity contribution in [2.75, 3.05) is 11.5 Å². The van der Waals surface area contributed by atoms with E-state index in [-0.39, 0.29) is 6.04 Å². The molecule has 2 aliphatic rings. The van der Waals surface area contributed by atoms with E-state index in [2.05, 4.69) is 31.0 Å². The average Bonchev–Trinajstić information content (AvgIpc) is 2.16. The van der Waals surface area contributed by atoms with E-state index in [0.29, 0.717) is 5.37 Å². The molecule has 1 fully saturated rings. The third-order valence-electron chi connectivity index (χ3n) is 2.75.